The molecule has 0 aliphatic heterocycles. The van der Waals surface area contributed by atoms with Gasteiger partial charge in [0.05, 0.1) is 0 Å². The topological polar surface area (TPSA) is 74.0 Å². The maximum absolute atomic E-state index is 12.3. The van der Waals surface area contributed by atoms with Crippen molar-refractivity contribution in [3.05, 3.63) is 22.5 Å². The average molecular weight is 293 g/mol. The smallest absolute Gasteiger partial charge is 0.268 e. The second-order valence-corrected chi connectivity index (χ2v) is 5.29. The van der Waals surface area contributed by atoms with E-state index < -0.39 is 0 Å². The van der Waals surface area contributed by atoms with E-state index in [1.807, 2.05) is 13.8 Å². The van der Waals surface area contributed by atoms with E-state index in [9.17, 15) is 9.59 Å². The fraction of sp³-hybridized carbons (Fsp3) is 0.625. The third-order valence-corrected chi connectivity index (χ3v) is 3.38. The number of rotatable bonds is 9. The van der Waals surface area contributed by atoms with Gasteiger partial charge in [0, 0.05) is 24.3 Å². The summed E-state index contributed by atoms with van der Waals surface area (Å²) < 4.78 is 0. The summed E-state index contributed by atoms with van der Waals surface area (Å²) in [5.41, 5.74) is 2.84. The zero-order chi connectivity index (χ0) is 15.8. The molecule has 21 heavy (non-hydrogen) atoms. The van der Waals surface area contributed by atoms with E-state index in [2.05, 4.69) is 22.5 Å². The zero-order valence-corrected chi connectivity index (χ0v) is 13.6. The predicted molar refractivity (Wildman–Crippen MR) is 85.0 cm³/mol. The van der Waals surface area contributed by atoms with Crippen LogP contribution >= 0.6 is 0 Å². The molecule has 1 rings (SSSR count). The van der Waals surface area contributed by atoms with Crippen LogP contribution in [0.4, 0.5) is 0 Å². The summed E-state index contributed by atoms with van der Waals surface area (Å²) in [4.78, 5) is 27.1. The molecule has 0 fully saturated rings. The van der Waals surface area contributed by atoms with E-state index in [4.69, 9.17) is 0 Å². The van der Waals surface area contributed by atoms with Gasteiger partial charge in [0.2, 0.25) is 0 Å². The first-order valence-corrected chi connectivity index (χ1v) is 7.74. The molecule has 0 aliphatic carbocycles. The first-order chi connectivity index (χ1) is 10.0. The lowest BCUT2D eigenvalue weighted by Crippen LogP contribution is -2.32. The van der Waals surface area contributed by atoms with Crippen molar-refractivity contribution in [3.63, 3.8) is 0 Å². The number of hydrogen-bond acceptors (Lipinski definition) is 3. The summed E-state index contributed by atoms with van der Waals surface area (Å²) in [5, 5.41) is 6.13. The molecule has 0 aliphatic rings. The Kier molecular flexibility index (Phi) is 7.15. The minimum Gasteiger partial charge on any atom is -0.354 e. The number of hydrogen-bond donors (Lipinski definition) is 3. The Morgan fingerprint density at radius 1 is 1.10 bits per heavy atom. The normalized spacial score (nSPS) is 10.7. The summed E-state index contributed by atoms with van der Waals surface area (Å²) in [6.07, 6.45) is 2.71. The second-order valence-electron chi connectivity index (χ2n) is 5.29. The largest absolute Gasteiger partial charge is 0.354 e. The number of aromatic nitrogens is 1. The van der Waals surface area contributed by atoms with Gasteiger partial charge in [0.25, 0.3) is 5.91 Å². The Morgan fingerprint density at radius 2 is 1.81 bits per heavy atom. The molecule has 1 aromatic heterocycles. The molecule has 0 spiro atoms. The van der Waals surface area contributed by atoms with Crippen LogP contribution in [-0.2, 0) is 6.42 Å². The van der Waals surface area contributed by atoms with Gasteiger partial charge in [-0.1, -0.05) is 20.3 Å². The maximum atomic E-state index is 12.3. The van der Waals surface area contributed by atoms with Gasteiger partial charge in [-0.2, -0.15) is 0 Å². The van der Waals surface area contributed by atoms with E-state index in [-0.39, 0.29) is 11.7 Å². The SMILES string of the molecule is CCCNCCNC(=O)c1[nH]c(C)c(C(C)=O)c1CCC. The highest BCUT2D eigenvalue weighted by Crippen LogP contribution is 2.21. The number of H-pyrrole nitrogens is 1. The molecule has 0 bridgehead atoms. The number of aryl methyl sites for hydroxylation is 1. The minimum atomic E-state index is -0.132. The van der Waals surface area contributed by atoms with Crippen LogP contribution in [0, 0.1) is 6.92 Å². The van der Waals surface area contributed by atoms with Crippen LogP contribution in [0.3, 0.4) is 0 Å². The van der Waals surface area contributed by atoms with E-state index in [0.717, 1.165) is 43.6 Å². The van der Waals surface area contributed by atoms with Crippen molar-refractivity contribution < 1.29 is 9.59 Å². The number of Topliss-reactive ketones (excluding diaryl/α,β-unsaturated/α-hetero) is 1. The average Bonchev–Trinajstić information content (AvgIpc) is 2.75. The third kappa shape index (κ3) is 4.70. The van der Waals surface area contributed by atoms with Crippen LogP contribution in [0.15, 0.2) is 0 Å². The molecular formula is C16H27N3O2. The van der Waals surface area contributed by atoms with Crippen LogP contribution in [0.2, 0.25) is 0 Å². The molecule has 1 aromatic rings. The number of nitrogens with one attached hydrogen (secondary N) is 3. The monoisotopic (exact) mass is 293 g/mol. The molecule has 0 saturated heterocycles. The van der Waals surface area contributed by atoms with E-state index in [1.165, 1.54) is 0 Å². The molecule has 118 valence electrons. The highest BCUT2D eigenvalue weighted by molar-refractivity contribution is 6.02. The second kappa shape index (κ2) is 8.62. The number of amides is 1. The van der Waals surface area contributed by atoms with Crippen molar-refractivity contribution >= 4 is 11.7 Å². The fourth-order valence-electron chi connectivity index (χ4n) is 2.50. The van der Waals surface area contributed by atoms with Crippen LogP contribution in [0.1, 0.15) is 65.7 Å². The quantitative estimate of drug-likeness (QED) is 0.483. The number of ketones is 1. The van der Waals surface area contributed by atoms with Crippen molar-refractivity contribution in [1.29, 1.82) is 0 Å². The lowest BCUT2D eigenvalue weighted by Gasteiger charge is -2.07. The van der Waals surface area contributed by atoms with Crippen molar-refractivity contribution in [2.24, 2.45) is 0 Å². The summed E-state index contributed by atoms with van der Waals surface area (Å²) in [6, 6.07) is 0. The van der Waals surface area contributed by atoms with E-state index >= 15 is 0 Å². The van der Waals surface area contributed by atoms with Gasteiger partial charge in [0.15, 0.2) is 5.78 Å². The maximum Gasteiger partial charge on any atom is 0.268 e. The highest BCUT2D eigenvalue weighted by atomic mass is 16.2. The number of carbonyl (C=O) groups excluding carboxylic acids is 2. The number of carbonyl (C=O) groups is 2. The molecule has 5 nitrogen and oxygen atoms in total. The fourth-order valence-corrected chi connectivity index (χ4v) is 2.50. The van der Waals surface area contributed by atoms with E-state index in [0.29, 0.717) is 17.8 Å². The Hall–Kier alpha value is -1.62. The zero-order valence-electron chi connectivity index (χ0n) is 13.6. The van der Waals surface area contributed by atoms with Crippen molar-refractivity contribution in [3.8, 4) is 0 Å². The first-order valence-electron chi connectivity index (χ1n) is 7.74. The summed E-state index contributed by atoms with van der Waals surface area (Å²) in [6.45, 7) is 9.82. The van der Waals surface area contributed by atoms with Crippen LogP contribution in [0.5, 0.6) is 0 Å². The van der Waals surface area contributed by atoms with Crippen LogP contribution in [0.25, 0.3) is 0 Å². The van der Waals surface area contributed by atoms with Crippen molar-refractivity contribution in [2.45, 2.75) is 47.0 Å². The van der Waals surface area contributed by atoms with Crippen LogP contribution in [-0.4, -0.2) is 36.3 Å². The summed E-state index contributed by atoms with van der Waals surface area (Å²) in [5.74, 6) is -0.122. The predicted octanol–water partition coefficient (Wildman–Crippen LogP) is 2.21. The Balaban J connectivity index is 2.79. The molecule has 1 amide bonds. The summed E-state index contributed by atoms with van der Waals surface area (Å²) >= 11 is 0. The molecule has 1 heterocycles. The van der Waals surface area contributed by atoms with Crippen molar-refractivity contribution in [1.82, 2.24) is 15.6 Å². The molecule has 0 saturated carbocycles. The van der Waals surface area contributed by atoms with Gasteiger partial charge in [-0.05, 0) is 38.8 Å². The molecular weight excluding hydrogens is 266 g/mol. The Bertz CT molecular complexity index is 492. The van der Waals surface area contributed by atoms with Crippen molar-refractivity contribution in [2.75, 3.05) is 19.6 Å². The molecule has 5 heteroatoms. The van der Waals surface area contributed by atoms with Gasteiger partial charge in [-0.25, -0.2) is 0 Å². The lowest BCUT2D eigenvalue weighted by molar-refractivity contribution is 0.0948. The van der Waals surface area contributed by atoms with Crippen LogP contribution < -0.4 is 10.6 Å². The molecule has 0 aromatic carbocycles. The first kappa shape index (κ1) is 17.4. The standard InChI is InChI=1S/C16H27N3O2/c1-5-7-13-14(12(4)20)11(3)19-15(13)16(21)18-10-9-17-8-6-2/h17,19H,5-10H2,1-4H3,(H,18,21). The summed E-state index contributed by atoms with van der Waals surface area (Å²) in [7, 11) is 0. The van der Waals surface area contributed by atoms with Gasteiger partial charge < -0.3 is 15.6 Å². The van der Waals surface area contributed by atoms with Gasteiger partial charge in [-0.15, -0.1) is 0 Å². The molecule has 0 atom stereocenters. The minimum absolute atomic E-state index is 0.0101. The van der Waals surface area contributed by atoms with Gasteiger partial charge in [-0.3, -0.25) is 9.59 Å². The van der Waals surface area contributed by atoms with Gasteiger partial charge >= 0.3 is 0 Å². The van der Waals surface area contributed by atoms with Gasteiger partial charge in [0.1, 0.15) is 5.69 Å². The Morgan fingerprint density at radius 3 is 2.38 bits per heavy atom. The number of aromatic amines is 1. The molecule has 3 N–H and O–H groups in total. The third-order valence-electron chi connectivity index (χ3n) is 3.38. The molecule has 0 unspecified atom stereocenters. The highest BCUT2D eigenvalue weighted by Gasteiger charge is 2.21. The molecule has 0 radical (unpaired) electrons. The van der Waals surface area contributed by atoms with E-state index in [1.54, 1.807) is 6.92 Å². The Labute approximate surface area is 126 Å². The lowest BCUT2D eigenvalue weighted by atomic mass is 10.0.